The first kappa shape index (κ1) is 15.4. The van der Waals surface area contributed by atoms with Gasteiger partial charge in [-0.25, -0.2) is 0 Å². The van der Waals surface area contributed by atoms with Crippen LogP contribution in [-0.2, 0) is 16.1 Å². The van der Waals surface area contributed by atoms with Crippen LogP contribution in [0.25, 0.3) is 0 Å². The Bertz CT molecular complexity index is 714. The summed E-state index contributed by atoms with van der Waals surface area (Å²) in [4.78, 5) is 40.4. The third kappa shape index (κ3) is 2.74. The van der Waals surface area contributed by atoms with E-state index in [1.165, 1.54) is 23.5 Å². The molecule has 1 aliphatic carbocycles. The summed E-state index contributed by atoms with van der Waals surface area (Å²) in [7, 11) is 0. The Morgan fingerprint density at radius 3 is 2.54 bits per heavy atom. The number of amides is 2. The second-order valence-corrected chi connectivity index (χ2v) is 7.46. The van der Waals surface area contributed by atoms with Crippen LogP contribution < -0.4 is 5.56 Å². The monoisotopic (exact) mass is 329 g/mol. The van der Waals surface area contributed by atoms with Gasteiger partial charge in [-0.05, 0) is 37.7 Å². The fourth-order valence-electron chi connectivity index (χ4n) is 3.90. The fraction of sp³-hybridized carbons (Fsp3) is 0.611. The molecule has 4 rings (SSSR count). The van der Waals surface area contributed by atoms with E-state index in [-0.39, 0.29) is 23.4 Å². The molecule has 1 saturated carbocycles. The predicted octanol–water partition coefficient (Wildman–Crippen LogP) is 0.709. The van der Waals surface area contributed by atoms with Crippen LogP contribution in [0.3, 0.4) is 0 Å². The maximum Gasteiger partial charge on any atom is 0.250 e. The van der Waals surface area contributed by atoms with Gasteiger partial charge in [-0.1, -0.05) is 6.07 Å². The average molecular weight is 329 g/mol. The Morgan fingerprint density at radius 2 is 1.92 bits per heavy atom. The van der Waals surface area contributed by atoms with Crippen molar-refractivity contribution in [2.75, 3.05) is 26.2 Å². The molecule has 0 unspecified atom stereocenters. The van der Waals surface area contributed by atoms with E-state index < -0.39 is 0 Å². The molecule has 1 spiro atoms. The second-order valence-electron chi connectivity index (χ2n) is 7.46. The molecule has 1 aromatic heterocycles. The highest BCUT2D eigenvalue weighted by molar-refractivity contribution is 5.89. The van der Waals surface area contributed by atoms with E-state index in [4.69, 9.17) is 0 Å². The summed E-state index contributed by atoms with van der Waals surface area (Å²) in [6.45, 7) is 3.10. The van der Waals surface area contributed by atoms with Crippen LogP contribution in [0.15, 0.2) is 29.2 Å². The lowest BCUT2D eigenvalue weighted by atomic mass is 9.71. The molecular weight excluding hydrogens is 306 g/mol. The average Bonchev–Trinajstić information content (AvgIpc) is 3.41. The predicted molar refractivity (Wildman–Crippen MR) is 88.3 cm³/mol. The molecule has 0 bridgehead atoms. The van der Waals surface area contributed by atoms with Crippen LogP contribution in [0.4, 0.5) is 0 Å². The van der Waals surface area contributed by atoms with Crippen molar-refractivity contribution in [3.8, 4) is 0 Å². The number of piperidine rings is 1. The summed E-state index contributed by atoms with van der Waals surface area (Å²) < 4.78 is 1.43. The summed E-state index contributed by atoms with van der Waals surface area (Å²) in [5.74, 6) is 0.984. The fourth-order valence-corrected chi connectivity index (χ4v) is 3.90. The van der Waals surface area contributed by atoms with Gasteiger partial charge in [0.1, 0.15) is 6.54 Å². The number of nitrogens with zero attached hydrogens (tertiary/aromatic N) is 3. The topological polar surface area (TPSA) is 62.6 Å². The minimum Gasteiger partial charge on any atom is -0.341 e. The third-order valence-corrected chi connectivity index (χ3v) is 5.69. The zero-order valence-corrected chi connectivity index (χ0v) is 13.8. The Labute approximate surface area is 141 Å². The van der Waals surface area contributed by atoms with E-state index in [0.717, 1.165) is 31.8 Å². The van der Waals surface area contributed by atoms with Gasteiger partial charge in [-0.15, -0.1) is 0 Å². The van der Waals surface area contributed by atoms with Gasteiger partial charge in [-0.2, -0.15) is 0 Å². The number of hydrogen-bond donors (Lipinski definition) is 0. The van der Waals surface area contributed by atoms with Crippen LogP contribution in [-0.4, -0.2) is 52.4 Å². The summed E-state index contributed by atoms with van der Waals surface area (Å²) in [5, 5.41) is 0. The number of likely N-dealkylation sites (tertiary alicyclic amines) is 2. The molecule has 1 aromatic rings. The maximum absolute atomic E-state index is 12.5. The minimum atomic E-state index is -0.213. The zero-order valence-electron chi connectivity index (χ0n) is 13.8. The highest BCUT2D eigenvalue weighted by atomic mass is 16.2. The van der Waals surface area contributed by atoms with Crippen molar-refractivity contribution >= 4 is 11.8 Å². The first-order valence-corrected chi connectivity index (χ1v) is 8.80. The van der Waals surface area contributed by atoms with Crippen molar-refractivity contribution in [2.24, 2.45) is 11.3 Å². The van der Waals surface area contributed by atoms with Crippen molar-refractivity contribution in [2.45, 2.75) is 32.2 Å². The van der Waals surface area contributed by atoms with Crippen molar-refractivity contribution in [1.82, 2.24) is 14.4 Å². The minimum absolute atomic E-state index is 0.0419. The van der Waals surface area contributed by atoms with Gasteiger partial charge in [-0.3, -0.25) is 14.4 Å². The largest absolute Gasteiger partial charge is 0.341 e. The smallest absolute Gasteiger partial charge is 0.250 e. The normalized spacial score (nSPS) is 22.6. The van der Waals surface area contributed by atoms with Crippen molar-refractivity contribution in [3.05, 3.63) is 34.7 Å². The van der Waals surface area contributed by atoms with E-state index >= 15 is 0 Å². The quantitative estimate of drug-likeness (QED) is 0.764. The summed E-state index contributed by atoms with van der Waals surface area (Å²) in [5.41, 5.74) is -0.376. The molecular formula is C18H23N3O3. The number of carbonyl (C=O) groups excluding carboxylic acids is 2. The molecule has 3 fully saturated rings. The van der Waals surface area contributed by atoms with Gasteiger partial charge in [0.25, 0.3) is 5.56 Å². The summed E-state index contributed by atoms with van der Waals surface area (Å²) in [6, 6.07) is 4.88. The molecule has 3 heterocycles. The Morgan fingerprint density at radius 1 is 1.17 bits per heavy atom. The van der Waals surface area contributed by atoms with E-state index in [0.29, 0.717) is 19.0 Å². The summed E-state index contributed by atoms with van der Waals surface area (Å²) >= 11 is 0. The first-order valence-electron chi connectivity index (χ1n) is 8.80. The Kier molecular flexibility index (Phi) is 3.70. The molecule has 2 amide bonds. The second kappa shape index (κ2) is 5.76. The molecule has 0 atom stereocenters. The van der Waals surface area contributed by atoms with Crippen LogP contribution >= 0.6 is 0 Å². The van der Waals surface area contributed by atoms with Gasteiger partial charge < -0.3 is 14.4 Å². The number of hydrogen-bond acceptors (Lipinski definition) is 3. The van der Waals surface area contributed by atoms with Gasteiger partial charge in [0.15, 0.2) is 0 Å². The zero-order chi connectivity index (χ0) is 16.7. The van der Waals surface area contributed by atoms with Crippen LogP contribution in [0.2, 0.25) is 0 Å². The Hall–Kier alpha value is -2.11. The molecule has 2 aliphatic heterocycles. The first-order chi connectivity index (χ1) is 11.6. The maximum atomic E-state index is 12.5. The molecule has 128 valence electrons. The van der Waals surface area contributed by atoms with Crippen molar-refractivity contribution < 1.29 is 9.59 Å². The van der Waals surface area contributed by atoms with Gasteiger partial charge >= 0.3 is 0 Å². The summed E-state index contributed by atoms with van der Waals surface area (Å²) in [6.07, 6.45) is 5.66. The molecule has 0 N–H and O–H groups in total. The van der Waals surface area contributed by atoms with Gasteiger partial charge in [0.05, 0.1) is 5.41 Å². The molecule has 24 heavy (non-hydrogen) atoms. The van der Waals surface area contributed by atoms with E-state index in [1.54, 1.807) is 23.2 Å². The molecule has 2 saturated heterocycles. The SMILES string of the molecule is O=C(Cn1ccccc1=O)N1CCC2(CC1)CN(CC1CC1)C2=O. The third-order valence-electron chi connectivity index (χ3n) is 5.69. The van der Waals surface area contributed by atoms with Crippen molar-refractivity contribution in [3.63, 3.8) is 0 Å². The number of carbonyl (C=O) groups is 2. The molecule has 3 aliphatic rings. The van der Waals surface area contributed by atoms with Crippen molar-refractivity contribution in [1.29, 1.82) is 0 Å². The Balaban J connectivity index is 1.31. The van der Waals surface area contributed by atoms with E-state index in [9.17, 15) is 14.4 Å². The number of β-lactam (4-membered cyclic amide) rings is 1. The molecule has 6 heteroatoms. The van der Waals surface area contributed by atoms with Crippen LogP contribution in [0.5, 0.6) is 0 Å². The number of rotatable bonds is 4. The van der Waals surface area contributed by atoms with Crippen LogP contribution in [0, 0.1) is 11.3 Å². The highest BCUT2D eigenvalue weighted by Crippen LogP contribution is 2.43. The lowest BCUT2D eigenvalue weighted by molar-refractivity contribution is -0.167. The lowest BCUT2D eigenvalue weighted by Gasteiger charge is -2.52. The molecule has 6 nitrogen and oxygen atoms in total. The highest BCUT2D eigenvalue weighted by Gasteiger charge is 2.53. The van der Waals surface area contributed by atoms with Crippen LogP contribution in [0.1, 0.15) is 25.7 Å². The number of pyridine rings is 1. The lowest BCUT2D eigenvalue weighted by Crippen LogP contribution is -2.65. The van der Waals surface area contributed by atoms with E-state index in [1.807, 2.05) is 4.90 Å². The molecule has 0 aromatic carbocycles. The standard InChI is InChI=1S/C18H23N3O3/c22-15-3-1-2-8-20(15)12-16(23)19-9-6-18(7-10-19)13-21(17(18)24)11-14-4-5-14/h1-3,8,14H,4-7,9-13H2. The van der Waals surface area contributed by atoms with Gasteiger partial charge in [0.2, 0.25) is 11.8 Å². The number of aromatic nitrogens is 1. The molecule has 0 radical (unpaired) electrons. The van der Waals surface area contributed by atoms with Gasteiger partial charge in [0, 0.05) is 38.4 Å². The van der Waals surface area contributed by atoms with E-state index in [2.05, 4.69) is 0 Å².